The first-order valence-electron chi connectivity index (χ1n) is 4.50. The summed E-state index contributed by atoms with van der Waals surface area (Å²) in [6.07, 6.45) is 0. The molecule has 0 bridgehead atoms. The van der Waals surface area contributed by atoms with E-state index in [0.717, 1.165) is 5.56 Å². The highest BCUT2D eigenvalue weighted by Crippen LogP contribution is 2.17. The van der Waals surface area contributed by atoms with Gasteiger partial charge in [-0.2, -0.15) is 0 Å². The molecule has 0 atom stereocenters. The Kier molecular flexibility index (Phi) is 3.51. The SMILES string of the molecule is CCOC(=O)c1cc(OC)ccc1C. The van der Waals surface area contributed by atoms with Crippen molar-refractivity contribution in [2.24, 2.45) is 0 Å². The zero-order valence-corrected chi connectivity index (χ0v) is 8.66. The van der Waals surface area contributed by atoms with Crippen molar-refractivity contribution in [1.82, 2.24) is 0 Å². The highest BCUT2D eigenvalue weighted by atomic mass is 16.5. The lowest BCUT2D eigenvalue weighted by Gasteiger charge is -2.07. The summed E-state index contributed by atoms with van der Waals surface area (Å²) < 4.78 is 9.94. The minimum Gasteiger partial charge on any atom is -0.497 e. The van der Waals surface area contributed by atoms with Gasteiger partial charge in [0.1, 0.15) is 5.75 Å². The standard InChI is InChI=1S/C11H14O3/c1-4-14-11(12)10-7-9(13-3)6-5-8(10)2/h5-7H,4H2,1-3H3. The van der Waals surface area contributed by atoms with Crippen LogP contribution in [-0.2, 0) is 4.74 Å². The maximum Gasteiger partial charge on any atom is 0.338 e. The molecule has 0 saturated carbocycles. The lowest BCUT2D eigenvalue weighted by Crippen LogP contribution is -2.06. The third-order valence-corrected chi connectivity index (χ3v) is 1.94. The van der Waals surface area contributed by atoms with E-state index in [1.54, 1.807) is 20.1 Å². The molecule has 0 saturated heterocycles. The van der Waals surface area contributed by atoms with Crippen molar-refractivity contribution in [1.29, 1.82) is 0 Å². The fraction of sp³-hybridized carbons (Fsp3) is 0.364. The molecule has 0 heterocycles. The number of rotatable bonds is 3. The Morgan fingerprint density at radius 3 is 2.71 bits per heavy atom. The minimum absolute atomic E-state index is 0.302. The highest BCUT2D eigenvalue weighted by Gasteiger charge is 2.10. The second-order valence-corrected chi connectivity index (χ2v) is 2.90. The van der Waals surface area contributed by atoms with E-state index in [9.17, 15) is 4.79 Å². The number of carbonyl (C=O) groups excluding carboxylic acids is 1. The quantitative estimate of drug-likeness (QED) is 0.692. The van der Waals surface area contributed by atoms with Crippen molar-refractivity contribution in [3.05, 3.63) is 29.3 Å². The Balaban J connectivity index is 2.99. The van der Waals surface area contributed by atoms with Crippen LogP contribution in [-0.4, -0.2) is 19.7 Å². The average Bonchev–Trinajstić information content (AvgIpc) is 2.19. The maximum atomic E-state index is 11.5. The van der Waals surface area contributed by atoms with E-state index in [0.29, 0.717) is 17.9 Å². The molecule has 3 nitrogen and oxygen atoms in total. The number of esters is 1. The zero-order valence-electron chi connectivity index (χ0n) is 8.66. The number of benzene rings is 1. The van der Waals surface area contributed by atoms with Gasteiger partial charge in [-0.15, -0.1) is 0 Å². The van der Waals surface area contributed by atoms with Crippen molar-refractivity contribution >= 4 is 5.97 Å². The van der Waals surface area contributed by atoms with Gasteiger partial charge in [-0.1, -0.05) is 6.07 Å². The lowest BCUT2D eigenvalue weighted by atomic mass is 10.1. The van der Waals surface area contributed by atoms with Gasteiger partial charge in [0.05, 0.1) is 19.3 Å². The van der Waals surface area contributed by atoms with Gasteiger partial charge in [0.15, 0.2) is 0 Å². The third-order valence-electron chi connectivity index (χ3n) is 1.94. The highest BCUT2D eigenvalue weighted by molar-refractivity contribution is 5.91. The fourth-order valence-corrected chi connectivity index (χ4v) is 1.16. The maximum absolute atomic E-state index is 11.5. The summed E-state index contributed by atoms with van der Waals surface area (Å²) in [7, 11) is 1.57. The normalized spacial score (nSPS) is 9.64. The van der Waals surface area contributed by atoms with E-state index < -0.39 is 0 Å². The van der Waals surface area contributed by atoms with Crippen LogP contribution in [0.3, 0.4) is 0 Å². The molecule has 1 aromatic rings. The van der Waals surface area contributed by atoms with Crippen LogP contribution in [0.5, 0.6) is 5.75 Å². The van der Waals surface area contributed by atoms with Crippen molar-refractivity contribution in [2.45, 2.75) is 13.8 Å². The van der Waals surface area contributed by atoms with Crippen molar-refractivity contribution in [2.75, 3.05) is 13.7 Å². The van der Waals surface area contributed by atoms with Gasteiger partial charge >= 0.3 is 5.97 Å². The first-order chi connectivity index (χ1) is 6.69. The topological polar surface area (TPSA) is 35.5 Å². The Morgan fingerprint density at radius 1 is 1.43 bits per heavy atom. The molecule has 1 aromatic carbocycles. The van der Waals surface area contributed by atoms with Gasteiger partial charge in [-0.05, 0) is 31.5 Å². The van der Waals surface area contributed by atoms with Crippen LogP contribution in [0.25, 0.3) is 0 Å². The molecule has 0 amide bonds. The van der Waals surface area contributed by atoms with Crippen LogP contribution in [0.4, 0.5) is 0 Å². The molecule has 0 fully saturated rings. The summed E-state index contributed by atoms with van der Waals surface area (Å²) in [6, 6.07) is 5.34. The number of carbonyl (C=O) groups is 1. The molecule has 0 unspecified atom stereocenters. The molecule has 0 radical (unpaired) electrons. The van der Waals surface area contributed by atoms with Crippen LogP contribution in [0, 0.1) is 6.92 Å². The average molecular weight is 194 g/mol. The van der Waals surface area contributed by atoms with Crippen LogP contribution >= 0.6 is 0 Å². The predicted molar refractivity (Wildman–Crippen MR) is 53.7 cm³/mol. The fourth-order valence-electron chi connectivity index (χ4n) is 1.16. The number of methoxy groups -OCH3 is 1. The van der Waals surface area contributed by atoms with E-state index in [4.69, 9.17) is 9.47 Å². The van der Waals surface area contributed by atoms with E-state index in [1.807, 2.05) is 19.1 Å². The van der Waals surface area contributed by atoms with Crippen LogP contribution in [0.2, 0.25) is 0 Å². The number of hydrogen-bond acceptors (Lipinski definition) is 3. The summed E-state index contributed by atoms with van der Waals surface area (Å²) in [5.74, 6) is 0.363. The Hall–Kier alpha value is -1.51. The second-order valence-electron chi connectivity index (χ2n) is 2.90. The third kappa shape index (κ3) is 2.25. The van der Waals surface area contributed by atoms with E-state index in [1.165, 1.54) is 0 Å². The van der Waals surface area contributed by atoms with Crippen molar-refractivity contribution in [3.8, 4) is 5.75 Å². The summed E-state index contributed by atoms with van der Waals surface area (Å²) in [5.41, 5.74) is 1.45. The van der Waals surface area contributed by atoms with Gasteiger partial charge in [0.2, 0.25) is 0 Å². The van der Waals surface area contributed by atoms with E-state index >= 15 is 0 Å². The first kappa shape index (κ1) is 10.6. The smallest absolute Gasteiger partial charge is 0.338 e. The van der Waals surface area contributed by atoms with Gasteiger partial charge in [-0.3, -0.25) is 0 Å². The van der Waals surface area contributed by atoms with E-state index in [-0.39, 0.29) is 5.97 Å². The molecule has 0 N–H and O–H groups in total. The molecule has 0 aromatic heterocycles. The molecule has 3 heteroatoms. The second kappa shape index (κ2) is 4.65. The summed E-state index contributed by atoms with van der Waals surface area (Å²) >= 11 is 0. The molecular formula is C11H14O3. The molecule has 0 aliphatic heterocycles. The van der Waals surface area contributed by atoms with Crippen LogP contribution in [0.15, 0.2) is 18.2 Å². The predicted octanol–water partition coefficient (Wildman–Crippen LogP) is 2.18. The monoisotopic (exact) mass is 194 g/mol. The Morgan fingerprint density at radius 2 is 2.14 bits per heavy atom. The Labute approximate surface area is 83.6 Å². The number of ether oxygens (including phenoxy) is 2. The first-order valence-corrected chi connectivity index (χ1v) is 4.50. The number of hydrogen-bond donors (Lipinski definition) is 0. The summed E-state index contributed by atoms with van der Waals surface area (Å²) in [4.78, 5) is 11.5. The lowest BCUT2D eigenvalue weighted by molar-refractivity contribution is 0.0525. The van der Waals surface area contributed by atoms with E-state index in [2.05, 4.69) is 0 Å². The molecular weight excluding hydrogens is 180 g/mol. The molecule has 0 aliphatic carbocycles. The molecule has 76 valence electrons. The largest absolute Gasteiger partial charge is 0.497 e. The molecule has 0 spiro atoms. The van der Waals surface area contributed by atoms with Crippen LogP contribution < -0.4 is 4.74 Å². The summed E-state index contributed by atoms with van der Waals surface area (Å²) in [5, 5.41) is 0. The minimum atomic E-state index is -0.302. The van der Waals surface area contributed by atoms with Gasteiger partial charge < -0.3 is 9.47 Å². The zero-order chi connectivity index (χ0) is 10.6. The van der Waals surface area contributed by atoms with Crippen molar-refractivity contribution in [3.63, 3.8) is 0 Å². The van der Waals surface area contributed by atoms with Gasteiger partial charge in [0, 0.05) is 0 Å². The summed E-state index contributed by atoms with van der Waals surface area (Å²) in [6.45, 7) is 4.04. The van der Waals surface area contributed by atoms with Crippen molar-refractivity contribution < 1.29 is 14.3 Å². The Bertz CT molecular complexity index is 331. The number of aryl methyl sites for hydroxylation is 1. The molecule has 1 rings (SSSR count). The molecule has 14 heavy (non-hydrogen) atoms. The van der Waals surface area contributed by atoms with Gasteiger partial charge in [-0.25, -0.2) is 4.79 Å². The van der Waals surface area contributed by atoms with Gasteiger partial charge in [0.25, 0.3) is 0 Å². The van der Waals surface area contributed by atoms with Crippen LogP contribution in [0.1, 0.15) is 22.8 Å². The molecule has 0 aliphatic rings.